The molecular weight excluding hydrogens is 266 g/mol. The fourth-order valence-electron chi connectivity index (χ4n) is 3.32. The second-order valence-corrected chi connectivity index (χ2v) is 6.23. The first-order valence-corrected chi connectivity index (χ1v) is 8.38. The maximum absolute atomic E-state index is 4.68. The molecule has 1 heterocycles. The average Bonchev–Trinajstić information content (AvgIpc) is 2.61. The molecule has 0 amide bonds. The van der Waals surface area contributed by atoms with Crippen LogP contribution >= 0.6 is 0 Å². The van der Waals surface area contributed by atoms with Crippen molar-refractivity contribution >= 4 is 0 Å². The van der Waals surface area contributed by atoms with Crippen LogP contribution in [0.4, 0.5) is 0 Å². The van der Waals surface area contributed by atoms with Crippen molar-refractivity contribution < 1.29 is 0 Å². The molecule has 1 heteroatoms. The fraction of sp³-hybridized carbons (Fsp3) is 0.381. The highest BCUT2D eigenvalue weighted by Gasteiger charge is 2.22. The Labute approximate surface area is 133 Å². The second-order valence-electron chi connectivity index (χ2n) is 6.23. The molecule has 0 unspecified atom stereocenters. The summed E-state index contributed by atoms with van der Waals surface area (Å²) in [5, 5.41) is 0. The standard InChI is InChI=1S/C21H23N/c1-2-17-9-6-10-20(15-17)21-14-13-19(16-22-21)12-11-18-7-4-3-5-8-18/h3-5,7-8,13-14,16-17,20H,2,6,9-10,15H2,1H3/t17-,20-/m1/s1. The Morgan fingerprint density at radius 2 is 1.82 bits per heavy atom. The van der Waals surface area contributed by atoms with E-state index in [0.717, 1.165) is 17.0 Å². The van der Waals surface area contributed by atoms with Gasteiger partial charge in [0.15, 0.2) is 0 Å². The Balaban J connectivity index is 1.69. The van der Waals surface area contributed by atoms with E-state index in [1.807, 2.05) is 36.5 Å². The number of rotatable bonds is 2. The molecule has 1 aromatic heterocycles. The van der Waals surface area contributed by atoms with Gasteiger partial charge in [0.2, 0.25) is 0 Å². The largest absolute Gasteiger partial charge is 0.260 e. The minimum Gasteiger partial charge on any atom is -0.260 e. The lowest BCUT2D eigenvalue weighted by molar-refractivity contribution is 0.311. The highest BCUT2D eigenvalue weighted by atomic mass is 14.7. The monoisotopic (exact) mass is 289 g/mol. The van der Waals surface area contributed by atoms with E-state index in [2.05, 4.69) is 35.9 Å². The lowest BCUT2D eigenvalue weighted by atomic mass is 9.78. The third kappa shape index (κ3) is 3.77. The Hall–Kier alpha value is -2.07. The predicted octanol–water partition coefficient (Wildman–Crippen LogP) is 5.17. The molecule has 0 aliphatic heterocycles. The maximum atomic E-state index is 4.68. The van der Waals surface area contributed by atoms with Gasteiger partial charge in [-0.15, -0.1) is 0 Å². The van der Waals surface area contributed by atoms with E-state index in [1.165, 1.54) is 37.8 Å². The highest BCUT2D eigenvalue weighted by molar-refractivity contribution is 5.41. The Morgan fingerprint density at radius 1 is 1.00 bits per heavy atom. The maximum Gasteiger partial charge on any atom is 0.0435 e. The summed E-state index contributed by atoms with van der Waals surface area (Å²) in [5.74, 6) is 7.92. The van der Waals surface area contributed by atoms with E-state index < -0.39 is 0 Å². The van der Waals surface area contributed by atoms with Crippen LogP contribution in [0.1, 0.15) is 61.8 Å². The second kappa shape index (κ2) is 7.27. The molecule has 1 saturated carbocycles. The normalized spacial score (nSPS) is 21.0. The van der Waals surface area contributed by atoms with Gasteiger partial charge in [0.25, 0.3) is 0 Å². The average molecular weight is 289 g/mol. The van der Waals surface area contributed by atoms with Gasteiger partial charge in [0.05, 0.1) is 0 Å². The van der Waals surface area contributed by atoms with Crippen LogP contribution in [0.25, 0.3) is 0 Å². The molecule has 1 nitrogen and oxygen atoms in total. The molecule has 22 heavy (non-hydrogen) atoms. The van der Waals surface area contributed by atoms with Gasteiger partial charge in [-0.05, 0) is 43.0 Å². The lowest BCUT2D eigenvalue weighted by Crippen LogP contribution is -2.14. The molecule has 1 aliphatic carbocycles. The van der Waals surface area contributed by atoms with E-state index in [0.29, 0.717) is 5.92 Å². The quantitative estimate of drug-likeness (QED) is 0.695. The zero-order valence-electron chi connectivity index (χ0n) is 13.3. The van der Waals surface area contributed by atoms with Crippen molar-refractivity contribution in [1.29, 1.82) is 0 Å². The summed E-state index contributed by atoms with van der Waals surface area (Å²) in [7, 11) is 0. The molecule has 0 spiro atoms. The summed E-state index contributed by atoms with van der Waals surface area (Å²) < 4.78 is 0. The van der Waals surface area contributed by atoms with E-state index in [1.54, 1.807) is 0 Å². The fourth-order valence-corrected chi connectivity index (χ4v) is 3.32. The number of hydrogen-bond acceptors (Lipinski definition) is 1. The topological polar surface area (TPSA) is 12.9 Å². The van der Waals surface area contributed by atoms with Gasteiger partial charge in [-0.25, -0.2) is 0 Å². The molecule has 112 valence electrons. The van der Waals surface area contributed by atoms with Crippen molar-refractivity contribution in [2.75, 3.05) is 0 Å². The van der Waals surface area contributed by atoms with Gasteiger partial charge >= 0.3 is 0 Å². The molecule has 1 aromatic carbocycles. The van der Waals surface area contributed by atoms with Crippen LogP contribution in [0.15, 0.2) is 48.7 Å². The van der Waals surface area contributed by atoms with Crippen LogP contribution in [-0.4, -0.2) is 4.98 Å². The van der Waals surface area contributed by atoms with Crippen LogP contribution in [-0.2, 0) is 0 Å². The highest BCUT2D eigenvalue weighted by Crippen LogP contribution is 2.36. The molecule has 0 N–H and O–H groups in total. The van der Waals surface area contributed by atoms with Crippen LogP contribution in [0.5, 0.6) is 0 Å². The zero-order valence-corrected chi connectivity index (χ0v) is 13.3. The summed E-state index contributed by atoms with van der Waals surface area (Å²) in [6.07, 6.45) is 8.57. The van der Waals surface area contributed by atoms with E-state index in [-0.39, 0.29) is 0 Å². The third-order valence-corrected chi connectivity index (χ3v) is 4.69. The number of hydrogen-bond donors (Lipinski definition) is 0. The smallest absolute Gasteiger partial charge is 0.0435 e. The van der Waals surface area contributed by atoms with Crippen molar-refractivity contribution in [2.24, 2.45) is 5.92 Å². The molecule has 1 fully saturated rings. The summed E-state index contributed by atoms with van der Waals surface area (Å²) in [4.78, 5) is 4.68. The first kappa shape index (κ1) is 14.9. The molecule has 1 aliphatic rings. The minimum absolute atomic E-state index is 0.648. The van der Waals surface area contributed by atoms with Gasteiger partial charge in [-0.1, -0.05) is 56.2 Å². The van der Waals surface area contributed by atoms with Crippen molar-refractivity contribution in [2.45, 2.75) is 44.9 Å². The molecular formula is C21H23N. The summed E-state index contributed by atoms with van der Waals surface area (Å²) in [6.45, 7) is 2.31. The molecule has 0 bridgehead atoms. The van der Waals surface area contributed by atoms with E-state index in [9.17, 15) is 0 Å². The number of aromatic nitrogens is 1. The SMILES string of the molecule is CC[C@@H]1CCC[C@@H](c2ccc(C#Cc3ccccc3)cn2)C1. The van der Waals surface area contributed by atoms with Gasteiger partial charge in [0, 0.05) is 28.9 Å². The Bertz CT molecular complexity index is 646. The Kier molecular flexibility index (Phi) is 4.91. The molecule has 0 radical (unpaired) electrons. The zero-order chi connectivity index (χ0) is 15.2. The summed E-state index contributed by atoms with van der Waals surface area (Å²) >= 11 is 0. The van der Waals surface area contributed by atoms with Crippen molar-refractivity contribution in [3.8, 4) is 11.8 Å². The minimum atomic E-state index is 0.648. The Morgan fingerprint density at radius 3 is 2.55 bits per heavy atom. The lowest BCUT2D eigenvalue weighted by Gasteiger charge is -2.28. The number of nitrogens with zero attached hydrogens (tertiary/aromatic N) is 1. The summed E-state index contributed by atoms with van der Waals surface area (Å²) in [6, 6.07) is 14.4. The molecule has 3 rings (SSSR count). The van der Waals surface area contributed by atoms with Crippen molar-refractivity contribution in [3.05, 3.63) is 65.5 Å². The van der Waals surface area contributed by atoms with E-state index in [4.69, 9.17) is 0 Å². The third-order valence-electron chi connectivity index (χ3n) is 4.69. The van der Waals surface area contributed by atoms with Crippen LogP contribution < -0.4 is 0 Å². The predicted molar refractivity (Wildman–Crippen MR) is 91.6 cm³/mol. The van der Waals surface area contributed by atoms with Crippen LogP contribution in [0.2, 0.25) is 0 Å². The number of benzene rings is 1. The molecule has 2 aromatic rings. The van der Waals surface area contributed by atoms with Crippen molar-refractivity contribution in [3.63, 3.8) is 0 Å². The molecule has 2 atom stereocenters. The first-order chi connectivity index (χ1) is 10.8. The van der Waals surface area contributed by atoms with Crippen LogP contribution in [0.3, 0.4) is 0 Å². The van der Waals surface area contributed by atoms with Gasteiger partial charge in [0.1, 0.15) is 0 Å². The summed E-state index contributed by atoms with van der Waals surface area (Å²) in [5.41, 5.74) is 3.29. The first-order valence-electron chi connectivity index (χ1n) is 8.38. The molecule has 0 saturated heterocycles. The van der Waals surface area contributed by atoms with Gasteiger partial charge in [-0.3, -0.25) is 4.98 Å². The van der Waals surface area contributed by atoms with Gasteiger partial charge < -0.3 is 0 Å². The van der Waals surface area contributed by atoms with Gasteiger partial charge in [-0.2, -0.15) is 0 Å². The van der Waals surface area contributed by atoms with Crippen molar-refractivity contribution in [1.82, 2.24) is 4.98 Å². The number of pyridine rings is 1. The van der Waals surface area contributed by atoms with Crippen LogP contribution in [0, 0.1) is 17.8 Å². The van der Waals surface area contributed by atoms with E-state index >= 15 is 0 Å².